The molecule has 1 aromatic heterocycles. The summed E-state index contributed by atoms with van der Waals surface area (Å²) in [6.45, 7) is 0. The van der Waals surface area contributed by atoms with Gasteiger partial charge in [0.25, 0.3) is 0 Å². The van der Waals surface area contributed by atoms with E-state index in [1.165, 1.54) is 60.0 Å². The summed E-state index contributed by atoms with van der Waals surface area (Å²) in [4.78, 5) is 10.4. The van der Waals surface area contributed by atoms with Crippen molar-refractivity contribution in [1.29, 1.82) is 0 Å². The molecule has 0 aliphatic rings. The van der Waals surface area contributed by atoms with Crippen molar-refractivity contribution in [3.63, 3.8) is 0 Å². The van der Waals surface area contributed by atoms with Crippen molar-refractivity contribution < 1.29 is 0 Å². The van der Waals surface area contributed by atoms with Crippen LogP contribution in [-0.2, 0) is 0 Å². The van der Waals surface area contributed by atoms with Crippen LogP contribution in [0.1, 0.15) is 0 Å². The molecule has 0 saturated heterocycles. The van der Waals surface area contributed by atoms with E-state index >= 15 is 0 Å². The molecular formula is C50H32N2. The highest BCUT2D eigenvalue weighted by Gasteiger charge is 2.17. The molecule has 0 radical (unpaired) electrons. The quantitative estimate of drug-likeness (QED) is 0.172. The Balaban J connectivity index is 1.15. The molecule has 0 bridgehead atoms. The maximum atomic E-state index is 5.24. The van der Waals surface area contributed by atoms with Gasteiger partial charge in [-0.2, -0.15) is 0 Å². The predicted molar refractivity (Wildman–Crippen MR) is 219 cm³/mol. The number of benzene rings is 9. The maximum absolute atomic E-state index is 5.24. The van der Waals surface area contributed by atoms with Crippen LogP contribution in [0.15, 0.2) is 194 Å². The van der Waals surface area contributed by atoms with Crippen LogP contribution in [0.25, 0.3) is 99.2 Å². The lowest BCUT2D eigenvalue weighted by molar-refractivity contribution is 1.19. The van der Waals surface area contributed by atoms with E-state index in [0.29, 0.717) is 5.82 Å². The SMILES string of the molecule is c1ccc(-c2ccc3cc(-c4cc(-c5ccc(-c6cc7ccccc7c7ccccc67)c6ccccc56)nc(-c5ccccc5)n4)ccc3c2)cc1. The van der Waals surface area contributed by atoms with Crippen molar-refractivity contribution in [2.24, 2.45) is 0 Å². The zero-order chi connectivity index (χ0) is 34.4. The molecule has 0 spiro atoms. The lowest BCUT2D eigenvalue weighted by Gasteiger charge is -2.16. The molecule has 10 aromatic rings. The van der Waals surface area contributed by atoms with Gasteiger partial charge in [-0.15, -0.1) is 0 Å². The smallest absolute Gasteiger partial charge is 0.160 e. The molecule has 10 rings (SSSR count). The van der Waals surface area contributed by atoms with Crippen LogP contribution in [-0.4, -0.2) is 9.97 Å². The van der Waals surface area contributed by atoms with Crippen molar-refractivity contribution >= 4 is 43.1 Å². The lowest BCUT2D eigenvalue weighted by atomic mass is 9.89. The fraction of sp³-hybridized carbons (Fsp3) is 0. The van der Waals surface area contributed by atoms with Crippen LogP contribution in [0.4, 0.5) is 0 Å². The Morgan fingerprint density at radius 2 is 0.769 bits per heavy atom. The molecule has 2 nitrogen and oxygen atoms in total. The molecule has 0 saturated carbocycles. The molecule has 0 aliphatic carbocycles. The van der Waals surface area contributed by atoms with Crippen molar-refractivity contribution in [3.8, 4) is 56.2 Å². The summed E-state index contributed by atoms with van der Waals surface area (Å²) < 4.78 is 0. The Bertz CT molecular complexity index is 2950. The van der Waals surface area contributed by atoms with Gasteiger partial charge in [0.05, 0.1) is 11.4 Å². The highest BCUT2D eigenvalue weighted by molar-refractivity contribution is 6.17. The summed E-state index contributed by atoms with van der Waals surface area (Å²) in [5, 5.41) is 9.76. The largest absolute Gasteiger partial charge is 0.228 e. The highest BCUT2D eigenvalue weighted by Crippen LogP contribution is 2.41. The van der Waals surface area contributed by atoms with Crippen LogP contribution in [0.5, 0.6) is 0 Å². The van der Waals surface area contributed by atoms with Gasteiger partial charge < -0.3 is 0 Å². The Morgan fingerprint density at radius 1 is 0.250 bits per heavy atom. The van der Waals surface area contributed by atoms with Crippen LogP contribution in [0.2, 0.25) is 0 Å². The van der Waals surface area contributed by atoms with E-state index in [2.05, 4.69) is 176 Å². The van der Waals surface area contributed by atoms with Crippen LogP contribution >= 0.6 is 0 Å². The van der Waals surface area contributed by atoms with Crippen LogP contribution < -0.4 is 0 Å². The van der Waals surface area contributed by atoms with Gasteiger partial charge >= 0.3 is 0 Å². The van der Waals surface area contributed by atoms with Crippen molar-refractivity contribution in [2.75, 3.05) is 0 Å². The van der Waals surface area contributed by atoms with Crippen molar-refractivity contribution in [1.82, 2.24) is 9.97 Å². The van der Waals surface area contributed by atoms with Crippen molar-refractivity contribution in [2.45, 2.75) is 0 Å². The van der Waals surface area contributed by atoms with Gasteiger partial charge in [0.2, 0.25) is 0 Å². The van der Waals surface area contributed by atoms with E-state index in [1.807, 2.05) is 18.2 Å². The van der Waals surface area contributed by atoms with Gasteiger partial charge in [-0.1, -0.05) is 170 Å². The lowest BCUT2D eigenvalue weighted by Crippen LogP contribution is -1.97. The monoisotopic (exact) mass is 660 g/mol. The molecule has 9 aromatic carbocycles. The Hall–Kier alpha value is -6.90. The topological polar surface area (TPSA) is 25.8 Å². The number of hydrogen-bond donors (Lipinski definition) is 0. The van der Waals surface area contributed by atoms with E-state index < -0.39 is 0 Å². The maximum Gasteiger partial charge on any atom is 0.160 e. The zero-order valence-corrected chi connectivity index (χ0v) is 28.4. The number of fused-ring (bicyclic) bond motifs is 5. The Morgan fingerprint density at radius 3 is 1.50 bits per heavy atom. The predicted octanol–water partition coefficient (Wildman–Crippen LogP) is 13.4. The average Bonchev–Trinajstić information content (AvgIpc) is 3.23. The summed E-state index contributed by atoms with van der Waals surface area (Å²) in [5.74, 6) is 0.710. The van der Waals surface area contributed by atoms with Crippen molar-refractivity contribution in [3.05, 3.63) is 194 Å². The fourth-order valence-electron chi connectivity index (χ4n) is 7.70. The van der Waals surface area contributed by atoms with Gasteiger partial charge in [0, 0.05) is 16.7 Å². The summed E-state index contributed by atoms with van der Waals surface area (Å²) >= 11 is 0. The minimum absolute atomic E-state index is 0.710. The van der Waals surface area contributed by atoms with Gasteiger partial charge in [-0.05, 0) is 89.6 Å². The second-order valence-corrected chi connectivity index (χ2v) is 13.4. The van der Waals surface area contributed by atoms with E-state index in [0.717, 1.165) is 33.5 Å². The van der Waals surface area contributed by atoms with E-state index in [4.69, 9.17) is 9.97 Å². The molecule has 0 aliphatic heterocycles. The van der Waals surface area contributed by atoms with Gasteiger partial charge in [0.15, 0.2) is 5.82 Å². The standard InChI is InChI=1S/C50H32N2/c1-3-13-33(14-4-1)35-23-24-37-30-39(26-25-36(37)29-35)48-32-49(52-50(51-48)34-15-5-2-6-16-34)46-28-27-45(42-20-10-11-21-43(42)46)47-31-38-17-7-8-18-40(38)41-19-9-12-22-44(41)47/h1-32H. The molecule has 242 valence electrons. The Kier molecular flexibility index (Phi) is 7.18. The minimum Gasteiger partial charge on any atom is -0.228 e. The second-order valence-electron chi connectivity index (χ2n) is 13.4. The number of aromatic nitrogens is 2. The molecule has 2 heteroatoms. The van der Waals surface area contributed by atoms with Crippen LogP contribution in [0.3, 0.4) is 0 Å². The number of hydrogen-bond acceptors (Lipinski definition) is 2. The third-order valence-electron chi connectivity index (χ3n) is 10.3. The molecule has 1 heterocycles. The minimum atomic E-state index is 0.710. The van der Waals surface area contributed by atoms with Crippen LogP contribution in [0, 0.1) is 0 Å². The number of nitrogens with zero attached hydrogens (tertiary/aromatic N) is 2. The first kappa shape index (κ1) is 30.0. The fourth-order valence-corrected chi connectivity index (χ4v) is 7.70. The van der Waals surface area contributed by atoms with E-state index in [-0.39, 0.29) is 0 Å². The molecular weight excluding hydrogens is 629 g/mol. The van der Waals surface area contributed by atoms with Gasteiger partial charge in [0.1, 0.15) is 0 Å². The zero-order valence-electron chi connectivity index (χ0n) is 28.4. The normalized spacial score (nSPS) is 11.5. The summed E-state index contributed by atoms with van der Waals surface area (Å²) in [6.07, 6.45) is 0. The summed E-state index contributed by atoms with van der Waals surface area (Å²) in [7, 11) is 0. The van der Waals surface area contributed by atoms with E-state index in [9.17, 15) is 0 Å². The molecule has 0 N–H and O–H groups in total. The third-order valence-corrected chi connectivity index (χ3v) is 10.3. The molecule has 0 fully saturated rings. The molecule has 0 atom stereocenters. The first-order valence-electron chi connectivity index (χ1n) is 17.7. The molecule has 52 heavy (non-hydrogen) atoms. The molecule has 0 amide bonds. The highest BCUT2D eigenvalue weighted by atomic mass is 14.9. The Labute approximate surface area is 302 Å². The first-order chi connectivity index (χ1) is 25.8. The number of rotatable bonds is 5. The second kappa shape index (κ2) is 12.5. The molecule has 0 unspecified atom stereocenters. The van der Waals surface area contributed by atoms with Gasteiger partial charge in [-0.25, -0.2) is 9.97 Å². The van der Waals surface area contributed by atoms with Gasteiger partial charge in [-0.3, -0.25) is 0 Å². The van der Waals surface area contributed by atoms with E-state index in [1.54, 1.807) is 0 Å². The summed E-state index contributed by atoms with van der Waals surface area (Å²) in [6, 6.07) is 69.3. The average molecular weight is 661 g/mol. The third kappa shape index (κ3) is 5.21. The first-order valence-corrected chi connectivity index (χ1v) is 17.7. The summed E-state index contributed by atoms with van der Waals surface area (Å²) in [5.41, 5.74) is 9.80.